The first-order valence-corrected chi connectivity index (χ1v) is 7.35. The molecule has 3 atom stereocenters. The number of imide groups is 1. The molecule has 1 unspecified atom stereocenters. The number of benzene rings is 1. The second kappa shape index (κ2) is 4.16. The van der Waals surface area contributed by atoms with E-state index in [0.29, 0.717) is 6.04 Å². The molecule has 4 rings (SSSR count). The Morgan fingerprint density at radius 1 is 1.10 bits per heavy atom. The summed E-state index contributed by atoms with van der Waals surface area (Å²) in [5.41, 5.74) is 1.86. The van der Waals surface area contributed by atoms with Gasteiger partial charge < -0.3 is 0 Å². The van der Waals surface area contributed by atoms with Crippen molar-refractivity contribution in [1.29, 1.82) is 0 Å². The SMILES string of the molecule is Cc1ccc(N2C(=O)C3CN4CCC[C@@H]4[C@@H]3C2=O)cc1. The summed E-state index contributed by atoms with van der Waals surface area (Å²) in [5, 5.41) is 0. The number of carbonyl (C=O) groups is 2. The van der Waals surface area contributed by atoms with Crippen LogP contribution in [0.3, 0.4) is 0 Å². The molecule has 1 aromatic carbocycles. The number of fused-ring (bicyclic) bond motifs is 3. The summed E-state index contributed by atoms with van der Waals surface area (Å²) < 4.78 is 0. The minimum absolute atomic E-state index is 0.00162. The Labute approximate surface area is 118 Å². The van der Waals surface area contributed by atoms with Crippen LogP contribution < -0.4 is 4.90 Å². The Morgan fingerprint density at radius 3 is 2.60 bits per heavy atom. The fourth-order valence-corrected chi connectivity index (χ4v) is 4.06. The average Bonchev–Trinajstić information content (AvgIpc) is 3.05. The molecule has 0 bridgehead atoms. The highest BCUT2D eigenvalue weighted by molar-refractivity contribution is 6.22. The fraction of sp³-hybridized carbons (Fsp3) is 0.500. The molecule has 0 saturated carbocycles. The molecule has 1 aromatic rings. The minimum Gasteiger partial charge on any atom is -0.299 e. The van der Waals surface area contributed by atoms with Crippen molar-refractivity contribution >= 4 is 17.5 Å². The maximum absolute atomic E-state index is 12.7. The van der Waals surface area contributed by atoms with Crippen LogP contribution in [0, 0.1) is 18.8 Å². The molecule has 3 aliphatic rings. The van der Waals surface area contributed by atoms with Crippen LogP contribution in [0.5, 0.6) is 0 Å². The molecule has 0 spiro atoms. The molecule has 3 aliphatic heterocycles. The Kier molecular flexibility index (Phi) is 2.51. The first-order valence-electron chi connectivity index (χ1n) is 7.35. The van der Waals surface area contributed by atoms with E-state index in [1.165, 1.54) is 4.90 Å². The number of hydrogen-bond acceptors (Lipinski definition) is 3. The Bertz CT molecular complexity index is 581. The van der Waals surface area contributed by atoms with Gasteiger partial charge in [-0.15, -0.1) is 0 Å². The van der Waals surface area contributed by atoms with Crippen molar-refractivity contribution in [3.63, 3.8) is 0 Å². The zero-order valence-corrected chi connectivity index (χ0v) is 11.6. The molecule has 4 heteroatoms. The second-order valence-corrected chi connectivity index (χ2v) is 6.18. The molecule has 4 nitrogen and oxygen atoms in total. The Hall–Kier alpha value is -1.68. The van der Waals surface area contributed by atoms with Gasteiger partial charge in [0.05, 0.1) is 17.5 Å². The van der Waals surface area contributed by atoms with Crippen molar-refractivity contribution in [3.8, 4) is 0 Å². The number of amides is 2. The second-order valence-electron chi connectivity index (χ2n) is 6.18. The number of carbonyl (C=O) groups excluding carboxylic acids is 2. The molecule has 20 heavy (non-hydrogen) atoms. The first kappa shape index (κ1) is 12.1. The topological polar surface area (TPSA) is 40.6 Å². The number of hydrogen-bond donors (Lipinski definition) is 0. The third kappa shape index (κ3) is 1.51. The number of aryl methyl sites for hydroxylation is 1. The largest absolute Gasteiger partial charge is 0.299 e. The lowest BCUT2D eigenvalue weighted by Gasteiger charge is -2.21. The summed E-state index contributed by atoms with van der Waals surface area (Å²) in [6.07, 6.45) is 2.21. The number of anilines is 1. The van der Waals surface area contributed by atoms with Gasteiger partial charge in [-0.05, 0) is 38.4 Å². The van der Waals surface area contributed by atoms with E-state index in [9.17, 15) is 9.59 Å². The summed E-state index contributed by atoms with van der Waals surface area (Å²) in [4.78, 5) is 29.0. The third-order valence-electron chi connectivity index (χ3n) is 5.03. The highest BCUT2D eigenvalue weighted by atomic mass is 16.2. The van der Waals surface area contributed by atoms with Crippen LogP contribution in [0.4, 0.5) is 5.69 Å². The highest BCUT2D eigenvalue weighted by Crippen LogP contribution is 2.43. The molecule has 3 fully saturated rings. The monoisotopic (exact) mass is 270 g/mol. The van der Waals surface area contributed by atoms with Gasteiger partial charge in [0.15, 0.2) is 0 Å². The summed E-state index contributed by atoms with van der Waals surface area (Å²) >= 11 is 0. The minimum atomic E-state index is -0.117. The van der Waals surface area contributed by atoms with Crippen LogP contribution >= 0.6 is 0 Å². The van der Waals surface area contributed by atoms with E-state index in [-0.39, 0.29) is 23.7 Å². The molecular weight excluding hydrogens is 252 g/mol. The summed E-state index contributed by atoms with van der Waals surface area (Å²) in [6.45, 7) is 3.81. The fourth-order valence-electron chi connectivity index (χ4n) is 4.06. The van der Waals surface area contributed by atoms with Crippen molar-refractivity contribution in [2.75, 3.05) is 18.0 Å². The summed E-state index contributed by atoms with van der Waals surface area (Å²) in [7, 11) is 0. The van der Waals surface area contributed by atoms with E-state index in [2.05, 4.69) is 4.90 Å². The molecule has 0 aromatic heterocycles. The smallest absolute Gasteiger partial charge is 0.239 e. The van der Waals surface area contributed by atoms with Crippen LogP contribution in [0.1, 0.15) is 18.4 Å². The molecule has 0 N–H and O–H groups in total. The Morgan fingerprint density at radius 2 is 1.85 bits per heavy atom. The molecule has 3 saturated heterocycles. The molecule has 104 valence electrons. The van der Waals surface area contributed by atoms with Crippen molar-refractivity contribution in [2.24, 2.45) is 11.8 Å². The van der Waals surface area contributed by atoms with E-state index < -0.39 is 0 Å². The van der Waals surface area contributed by atoms with Crippen LogP contribution in [-0.2, 0) is 9.59 Å². The maximum Gasteiger partial charge on any atom is 0.239 e. The lowest BCUT2D eigenvalue weighted by atomic mass is 9.91. The summed E-state index contributed by atoms with van der Waals surface area (Å²) in [5.74, 6) is -0.211. The van der Waals surface area contributed by atoms with E-state index in [1.54, 1.807) is 0 Å². The lowest BCUT2D eigenvalue weighted by Crippen LogP contribution is -2.38. The normalized spacial score (nSPS) is 32.9. The average molecular weight is 270 g/mol. The highest BCUT2D eigenvalue weighted by Gasteiger charge is 2.58. The van der Waals surface area contributed by atoms with Crippen LogP contribution in [-0.4, -0.2) is 35.8 Å². The molecule has 0 radical (unpaired) electrons. The first-order chi connectivity index (χ1) is 9.66. The van der Waals surface area contributed by atoms with Gasteiger partial charge >= 0.3 is 0 Å². The molecule has 0 aliphatic carbocycles. The number of nitrogens with zero attached hydrogens (tertiary/aromatic N) is 2. The molecule has 3 heterocycles. The molecule has 2 amide bonds. The van der Waals surface area contributed by atoms with E-state index in [0.717, 1.165) is 37.2 Å². The van der Waals surface area contributed by atoms with Crippen LogP contribution in [0.25, 0.3) is 0 Å². The Balaban J connectivity index is 1.69. The maximum atomic E-state index is 12.7. The standard InChI is InChI=1S/C16H18N2O2/c1-10-4-6-11(7-5-10)18-15(19)12-9-17-8-2-3-13(17)14(12)16(18)20/h4-7,12-14H,2-3,8-9H2,1H3/t12?,13-,14-/m1/s1. The zero-order chi connectivity index (χ0) is 13.9. The van der Waals surface area contributed by atoms with Crippen molar-refractivity contribution in [3.05, 3.63) is 29.8 Å². The van der Waals surface area contributed by atoms with Gasteiger partial charge in [-0.3, -0.25) is 14.5 Å². The van der Waals surface area contributed by atoms with Gasteiger partial charge in [-0.1, -0.05) is 17.7 Å². The van der Waals surface area contributed by atoms with Crippen molar-refractivity contribution in [1.82, 2.24) is 4.90 Å². The van der Waals surface area contributed by atoms with Crippen LogP contribution in [0.15, 0.2) is 24.3 Å². The predicted molar refractivity (Wildman–Crippen MR) is 75.2 cm³/mol. The van der Waals surface area contributed by atoms with Crippen molar-refractivity contribution in [2.45, 2.75) is 25.8 Å². The third-order valence-corrected chi connectivity index (χ3v) is 5.03. The zero-order valence-electron chi connectivity index (χ0n) is 11.6. The van der Waals surface area contributed by atoms with Gasteiger partial charge in [0, 0.05) is 12.6 Å². The number of rotatable bonds is 1. The van der Waals surface area contributed by atoms with Gasteiger partial charge in [0.2, 0.25) is 11.8 Å². The molecular formula is C16H18N2O2. The quantitative estimate of drug-likeness (QED) is 0.727. The van der Waals surface area contributed by atoms with E-state index in [4.69, 9.17) is 0 Å². The van der Waals surface area contributed by atoms with Crippen LogP contribution in [0.2, 0.25) is 0 Å². The predicted octanol–water partition coefficient (Wildman–Crippen LogP) is 1.58. The van der Waals surface area contributed by atoms with Gasteiger partial charge in [-0.2, -0.15) is 0 Å². The van der Waals surface area contributed by atoms with E-state index in [1.807, 2.05) is 31.2 Å². The van der Waals surface area contributed by atoms with Gasteiger partial charge in [0.1, 0.15) is 0 Å². The van der Waals surface area contributed by atoms with Gasteiger partial charge in [0.25, 0.3) is 0 Å². The lowest BCUT2D eigenvalue weighted by molar-refractivity contribution is -0.123. The van der Waals surface area contributed by atoms with E-state index >= 15 is 0 Å². The van der Waals surface area contributed by atoms with Crippen molar-refractivity contribution < 1.29 is 9.59 Å². The van der Waals surface area contributed by atoms with Gasteiger partial charge in [-0.25, -0.2) is 4.90 Å². The summed E-state index contributed by atoms with van der Waals surface area (Å²) in [6, 6.07) is 7.95.